The van der Waals surface area contributed by atoms with Crippen LogP contribution in [-0.4, -0.2) is 34.5 Å². The summed E-state index contributed by atoms with van der Waals surface area (Å²) in [6.45, 7) is 3.75. The van der Waals surface area contributed by atoms with E-state index in [2.05, 4.69) is 10.3 Å². The van der Waals surface area contributed by atoms with Gasteiger partial charge in [-0.05, 0) is 55.8 Å². The molecule has 1 heterocycles. The maximum atomic E-state index is 13.9. The summed E-state index contributed by atoms with van der Waals surface area (Å²) in [7, 11) is 0. The Morgan fingerprint density at radius 2 is 1.80 bits per heavy atom. The molecule has 0 saturated carbocycles. The number of hydrogen-bond donors (Lipinski definition) is 2. The molecule has 7 nitrogen and oxygen atoms in total. The summed E-state index contributed by atoms with van der Waals surface area (Å²) in [6, 6.07) is 18.3. The summed E-state index contributed by atoms with van der Waals surface area (Å²) in [5, 5.41) is 12.5. The standard InChI is InChI=1S/C31H28F2N2O5/c1-19(16-29(36)25-13-10-23(32)18-26(25)33)34-28(31(37)38)17-21-8-11-24(12-9-21)39-15-14-27-20(2)40-30(35-27)22-6-4-3-5-7-22/h3-13,16,18,28,34H,14-15,17H2,1-2H3,(H,37,38)/b19-16-. The minimum absolute atomic E-state index is 0.125. The van der Waals surface area contributed by atoms with Gasteiger partial charge >= 0.3 is 5.97 Å². The number of aryl methyl sites for hydroxylation is 1. The maximum Gasteiger partial charge on any atom is 0.326 e. The van der Waals surface area contributed by atoms with Gasteiger partial charge in [-0.25, -0.2) is 18.6 Å². The van der Waals surface area contributed by atoms with Crippen molar-refractivity contribution >= 4 is 11.8 Å². The predicted molar refractivity (Wildman–Crippen MR) is 145 cm³/mol. The molecule has 1 unspecified atom stereocenters. The Morgan fingerprint density at radius 3 is 2.48 bits per heavy atom. The molecule has 0 bridgehead atoms. The second-order valence-corrected chi connectivity index (χ2v) is 9.19. The van der Waals surface area contributed by atoms with Crippen molar-refractivity contribution in [1.82, 2.24) is 10.3 Å². The number of carboxylic acid groups (broad SMARTS) is 1. The monoisotopic (exact) mass is 546 g/mol. The van der Waals surface area contributed by atoms with Gasteiger partial charge in [0.05, 0.1) is 17.9 Å². The number of ketones is 1. The van der Waals surface area contributed by atoms with E-state index in [0.29, 0.717) is 30.7 Å². The lowest BCUT2D eigenvalue weighted by Crippen LogP contribution is -2.37. The minimum atomic E-state index is -1.12. The van der Waals surface area contributed by atoms with Crippen LogP contribution >= 0.6 is 0 Å². The number of nitrogens with zero attached hydrogens (tertiary/aromatic N) is 1. The molecule has 3 aromatic carbocycles. The van der Waals surface area contributed by atoms with E-state index in [0.717, 1.165) is 40.8 Å². The molecule has 0 aliphatic heterocycles. The van der Waals surface area contributed by atoms with Crippen molar-refractivity contribution in [1.29, 1.82) is 0 Å². The molecule has 2 N–H and O–H groups in total. The number of oxazole rings is 1. The number of halogens is 2. The van der Waals surface area contributed by atoms with Crippen molar-refractivity contribution < 1.29 is 32.6 Å². The number of carbonyl (C=O) groups excluding carboxylic acids is 1. The Bertz CT molecular complexity index is 1510. The number of benzene rings is 3. The van der Waals surface area contributed by atoms with E-state index in [4.69, 9.17) is 9.15 Å². The molecular formula is C31H28F2N2O5. The number of aliphatic carboxylic acids is 1. The summed E-state index contributed by atoms with van der Waals surface area (Å²) in [5.74, 6) is -1.68. The molecule has 0 spiro atoms. The number of carboxylic acids is 1. The number of aromatic nitrogens is 1. The fraction of sp³-hybridized carbons (Fsp3) is 0.194. The van der Waals surface area contributed by atoms with Gasteiger partial charge in [0, 0.05) is 36.2 Å². The quantitative estimate of drug-likeness (QED) is 0.168. The zero-order valence-electron chi connectivity index (χ0n) is 22.0. The second-order valence-electron chi connectivity index (χ2n) is 9.19. The van der Waals surface area contributed by atoms with Crippen LogP contribution < -0.4 is 10.1 Å². The lowest BCUT2D eigenvalue weighted by atomic mass is 10.0. The highest BCUT2D eigenvalue weighted by Gasteiger charge is 2.19. The van der Waals surface area contributed by atoms with Crippen LogP contribution in [0, 0.1) is 18.6 Å². The molecule has 206 valence electrons. The van der Waals surface area contributed by atoms with E-state index in [9.17, 15) is 23.5 Å². The zero-order valence-corrected chi connectivity index (χ0v) is 22.0. The van der Waals surface area contributed by atoms with Crippen molar-refractivity contribution in [3.63, 3.8) is 0 Å². The van der Waals surface area contributed by atoms with Crippen LogP contribution in [0.1, 0.15) is 34.3 Å². The van der Waals surface area contributed by atoms with Crippen molar-refractivity contribution in [3.05, 3.63) is 119 Å². The largest absolute Gasteiger partial charge is 0.493 e. The number of allylic oxidation sites excluding steroid dienone is 2. The summed E-state index contributed by atoms with van der Waals surface area (Å²) in [5.41, 5.74) is 2.38. The molecule has 0 aliphatic rings. The van der Waals surface area contributed by atoms with Crippen LogP contribution in [0.25, 0.3) is 11.5 Å². The topological polar surface area (TPSA) is 102 Å². The molecule has 0 radical (unpaired) electrons. The fourth-order valence-electron chi connectivity index (χ4n) is 4.07. The Kier molecular flexibility index (Phi) is 9.06. The summed E-state index contributed by atoms with van der Waals surface area (Å²) >= 11 is 0. The Hall–Kier alpha value is -4.79. The minimum Gasteiger partial charge on any atom is -0.493 e. The van der Waals surface area contributed by atoms with Gasteiger partial charge in [-0.1, -0.05) is 30.3 Å². The Balaban J connectivity index is 1.31. The van der Waals surface area contributed by atoms with E-state index in [-0.39, 0.29) is 17.7 Å². The number of hydrogen-bond acceptors (Lipinski definition) is 6. The number of nitrogens with one attached hydrogen (secondary N) is 1. The van der Waals surface area contributed by atoms with Gasteiger partial charge in [0.25, 0.3) is 0 Å². The van der Waals surface area contributed by atoms with Crippen LogP contribution in [0.15, 0.2) is 89.0 Å². The van der Waals surface area contributed by atoms with Crippen LogP contribution in [0.2, 0.25) is 0 Å². The molecular weight excluding hydrogens is 518 g/mol. The van der Waals surface area contributed by atoms with E-state index < -0.39 is 29.4 Å². The highest BCUT2D eigenvalue weighted by atomic mass is 19.1. The smallest absolute Gasteiger partial charge is 0.326 e. The highest BCUT2D eigenvalue weighted by Crippen LogP contribution is 2.22. The number of rotatable bonds is 12. The molecule has 1 atom stereocenters. The van der Waals surface area contributed by atoms with Gasteiger partial charge < -0.3 is 19.6 Å². The zero-order chi connectivity index (χ0) is 28.6. The number of carbonyl (C=O) groups is 2. The third-order valence-corrected chi connectivity index (χ3v) is 6.13. The first kappa shape index (κ1) is 28.2. The molecule has 0 aliphatic carbocycles. The fourth-order valence-corrected chi connectivity index (χ4v) is 4.07. The lowest BCUT2D eigenvalue weighted by Gasteiger charge is -2.16. The van der Waals surface area contributed by atoms with Crippen molar-refractivity contribution in [2.75, 3.05) is 6.61 Å². The Morgan fingerprint density at radius 1 is 1.07 bits per heavy atom. The first-order chi connectivity index (χ1) is 19.2. The van der Waals surface area contributed by atoms with E-state index in [1.54, 1.807) is 24.3 Å². The van der Waals surface area contributed by atoms with Gasteiger partial charge in [-0.15, -0.1) is 0 Å². The molecule has 1 aromatic heterocycles. The molecule has 4 aromatic rings. The summed E-state index contributed by atoms with van der Waals surface area (Å²) in [6.07, 6.45) is 1.77. The first-order valence-electron chi connectivity index (χ1n) is 12.6. The van der Waals surface area contributed by atoms with Crippen molar-refractivity contribution in [2.45, 2.75) is 32.7 Å². The molecule has 4 rings (SSSR count). The SMILES string of the molecule is C/C(=C/C(=O)c1ccc(F)cc1F)NC(Cc1ccc(OCCc2nc(-c3ccccc3)oc2C)cc1)C(=O)O. The van der Waals surface area contributed by atoms with Gasteiger partial charge in [-0.2, -0.15) is 0 Å². The van der Waals surface area contributed by atoms with Crippen molar-refractivity contribution in [2.24, 2.45) is 0 Å². The summed E-state index contributed by atoms with van der Waals surface area (Å²) < 4.78 is 38.6. The Labute approximate surface area is 230 Å². The summed E-state index contributed by atoms with van der Waals surface area (Å²) in [4.78, 5) is 28.8. The molecule has 0 saturated heterocycles. The van der Waals surface area contributed by atoms with Crippen LogP contribution in [0.4, 0.5) is 8.78 Å². The van der Waals surface area contributed by atoms with Crippen molar-refractivity contribution in [3.8, 4) is 17.2 Å². The van der Waals surface area contributed by atoms with E-state index in [1.807, 2.05) is 37.3 Å². The third kappa shape index (κ3) is 7.41. The average molecular weight is 547 g/mol. The van der Waals surface area contributed by atoms with E-state index >= 15 is 0 Å². The van der Waals surface area contributed by atoms with Gasteiger partial charge in [0.1, 0.15) is 29.2 Å². The molecule has 0 amide bonds. The second kappa shape index (κ2) is 12.8. The van der Waals surface area contributed by atoms with Crippen LogP contribution in [-0.2, 0) is 17.6 Å². The number of ether oxygens (including phenoxy) is 1. The van der Waals surface area contributed by atoms with Gasteiger partial charge in [0.15, 0.2) is 5.78 Å². The maximum absolute atomic E-state index is 13.9. The first-order valence-corrected chi connectivity index (χ1v) is 12.6. The average Bonchev–Trinajstić information content (AvgIpc) is 3.29. The van der Waals surface area contributed by atoms with Gasteiger partial charge in [0.2, 0.25) is 5.89 Å². The lowest BCUT2D eigenvalue weighted by molar-refractivity contribution is -0.139. The third-order valence-electron chi connectivity index (χ3n) is 6.13. The van der Waals surface area contributed by atoms with Crippen LogP contribution in [0.5, 0.6) is 5.75 Å². The molecule has 9 heteroatoms. The highest BCUT2D eigenvalue weighted by molar-refractivity contribution is 6.05. The van der Waals surface area contributed by atoms with Gasteiger partial charge in [-0.3, -0.25) is 4.79 Å². The molecule has 0 fully saturated rings. The van der Waals surface area contributed by atoms with Crippen LogP contribution in [0.3, 0.4) is 0 Å². The van der Waals surface area contributed by atoms with E-state index in [1.165, 1.54) is 6.92 Å². The predicted octanol–water partition coefficient (Wildman–Crippen LogP) is 5.92. The normalized spacial score (nSPS) is 12.2. The molecule has 40 heavy (non-hydrogen) atoms.